The summed E-state index contributed by atoms with van der Waals surface area (Å²) in [5, 5.41) is 0. The molecule has 0 rings (SSSR count). The van der Waals surface area contributed by atoms with Crippen LogP contribution in [0.3, 0.4) is 0 Å². The SMILES string of the molecule is C=CO[Si](C)(C)O[Si](C)(C=C)C=C. The lowest BCUT2D eigenvalue weighted by Crippen LogP contribution is -2.45. The van der Waals surface area contributed by atoms with Gasteiger partial charge in [-0.2, -0.15) is 0 Å². The van der Waals surface area contributed by atoms with Crippen molar-refractivity contribution in [1.82, 2.24) is 0 Å². The van der Waals surface area contributed by atoms with Gasteiger partial charge in [0.15, 0.2) is 0 Å². The van der Waals surface area contributed by atoms with E-state index in [1.54, 1.807) is 0 Å². The van der Waals surface area contributed by atoms with E-state index in [0.717, 1.165) is 0 Å². The highest BCUT2D eigenvalue weighted by Gasteiger charge is 2.34. The fourth-order valence-electron chi connectivity index (χ4n) is 0.921. The summed E-state index contributed by atoms with van der Waals surface area (Å²) >= 11 is 0. The van der Waals surface area contributed by atoms with Gasteiger partial charge in [-0.1, -0.05) is 18.0 Å². The van der Waals surface area contributed by atoms with E-state index in [2.05, 4.69) is 19.7 Å². The highest BCUT2D eigenvalue weighted by atomic mass is 28.4. The average Bonchev–Trinajstić information content (AvgIpc) is 2.03. The van der Waals surface area contributed by atoms with Crippen LogP contribution in [0.4, 0.5) is 0 Å². The zero-order chi connectivity index (χ0) is 10.5. The molecular weight excluding hydrogens is 196 g/mol. The number of hydrogen-bond acceptors (Lipinski definition) is 2. The lowest BCUT2D eigenvalue weighted by Gasteiger charge is -2.30. The molecule has 0 saturated heterocycles. The van der Waals surface area contributed by atoms with Crippen molar-refractivity contribution in [2.45, 2.75) is 19.6 Å². The molecule has 13 heavy (non-hydrogen) atoms. The molecule has 0 aliphatic carbocycles. The third-order valence-corrected chi connectivity index (χ3v) is 7.72. The second kappa shape index (κ2) is 4.59. The van der Waals surface area contributed by atoms with Crippen molar-refractivity contribution in [1.29, 1.82) is 0 Å². The summed E-state index contributed by atoms with van der Waals surface area (Å²) in [7, 11) is -4.03. The van der Waals surface area contributed by atoms with Crippen LogP contribution in [0.5, 0.6) is 0 Å². The molecule has 0 bridgehead atoms. The van der Waals surface area contributed by atoms with Crippen LogP contribution in [-0.4, -0.2) is 16.9 Å². The highest BCUT2D eigenvalue weighted by molar-refractivity contribution is 6.89. The van der Waals surface area contributed by atoms with E-state index in [1.807, 2.05) is 31.0 Å². The van der Waals surface area contributed by atoms with Crippen LogP contribution in [-0.2, 0) is 8.54 Å². The van der Waals surface area contributed by atoms with E-state index in [4.69, 9.17) is 8.54 Å². The van der Waals surface area contributed by atoms with Crippen LogP contribution < -0.4 is 0 Å². The first-order valence-corrected chi connectivity index (χ1v) is 9.53. The molecule has 0 saturated carbocycles. The van der Waals surface area contributed by atoms with Crippen molar-refractivity contribution in [2.75, 3.05) is 0 Å². The van der Waals surface area contributed by atoms with E-state index in [0.29, 0.717) is 0 Å². The minimum absolute atomic E-state index is 1.44. The monoisotopic (exact) mass is 214 g/mol. The standard InChI is InChI=1S/C9H18O2Si2/c1-7-10-12(4,5)11-13(6,8-2)9-3/h7-9H,1-3H2,4-6H3. The third kappa shape index (κ3) is 4.26. The maximum Gasteiger partial charge on any atom is 0.382 e. The Labute approximate surface area is 82.9 Å². The summed E-state index contributed by atoms with van der Waals surface area (Å²) in [5.74, 6) is 0. The van der Waals surface area contributed by atoms with Crippen molar-refractivity contribution in [3.8, 4) is 0 Å². The molecule has 0 amide bonds. The van der Waals surface area contributed by atoms with Gasteiger partial charge in [0.25, 0.3) is 0 Å². The Morgan fingerprint density at radius 1 is 1.00 bits per heavy atom. The fraction of sp³-hybridized carbons (Fsp3) is 0.333. The minimum Gasteiger partial charge on any atom is -0.528 e. The van der Waals surface area contributed by atoms with E-state index >= 15 is 0 Å². The minimum atomic E-state index is -2.08. The smallest absolute Gasteiger partial charge is 0.382 e. The summed E-state index contributed by atoms with van der Waals surface area (Å²) in [6, 6.07) is 0. The maximum absolute atomic E-state index is 5.91. The molecule has 4 heteroatoms. The van der Waals surface area contributed by atoms with Gasteiger partial charge in [-0.05, 0) is 19.6 Å². The largest absolute Gasteiger partial charge is 0.528 e. The van der Waals surface area contributed by atoms with Crippen molar-refractivity contribution >= 4 is 16.9 Å². The number of rotatable bonds is 6. The first-order chi connectivity index (χ1) is 5.89. The highest BCUT2D eigenvalue weighted by Crippen LogP contribution is 2.17. The summed E-state index contributed by atoms with van der Waals surface area (Å²) in [6.07, 6.45) is 1.44. The average molecular weight is 214 g/mol. The normalized spacial score (nSPS) is 11.9. The van der Waals surface area contributed by atoms with Crippen LogP contribution >= 0.6 is 0 Å². The van der Waals surface area contributed by atoms with E-state index in [9.17, 15) is 0 Å². The van der Waals surface area contributed by atoms with Gasteiger partial charge in [0, 0.05) is 0 Å². The van der Waals surface area contributed by atoms with Gasteiger partial charge in [-0.15, -0.1) is 13.2 Å². The Morgan fingerprint density at radius 2 is 1.46 bits per heavy atom. The van der Waals surface area contributed by atoms with Crippen LogP contribution in [0.25, 0.3) is 0 Å². The molecule has 0 aliphatic heterocycles. The Hall–Kier alpha value is -0.586. The molecule has 2 nitrogen and oxygen atoms in total. The van der Waals surface area contributed by atoms with Gasteiger partial charge in [-0.3, -0.25) is 0 Å². The van der Waals surface area contributed by atoms with Crippen LogP contribution in [0, 0.1) is 0 Å². The second-order valence-electron chi connectivity index (χ2n) is 3.38. The predicted molar refractivity (Wildman–Crippen MR) is 61.9 cm³/mol. The zero-order valence-electron chi connectivity index (χ0n) is 8.67. The fourth-order valence-corrected chi connectivity index (χ4v) is 6.59. The van der Waals surface area contributed by atoms with Crippen molar-refractivity contribution in [2.24, 2.45) is 0 Å². The zero-order valence-corrected chi connectivity index (χ0v) is 10.7. The molecule has 0 atom stereocenters. The molecule has 0 unspecified atom stereocenters. The molecule has 0 spiro atoms. The quantitative estimate of drug-likeness (QED) is 0.500. The molecule has 0 aromatic heterocycles. The molecular formula is C9H18O2Si2. The van der Waals surface area contributed by atoms with Gasteiger partial charge in [0.05, 0.1) is 6.26 Å². The predicted octanol–water partition coefficient (Wildman–Crippen LogP) is 2.89. The Balaban J connectivity index is 4.46. The molecule has 0 aromatic rings. The van der Waals surface area contributed by atoms with Crippen LogP contribution in [0.1, 0.15) is 0 Å². The summed E-state index contributed by atoms with van der Waals surface area (Å²) < 4.78 is 11.3. The van der Waals surface area contributed by atoms with E-state index in [-0.39, 0.29) is 0 Å². The lowest BCUT2D eigenvalue weighted by atomic mass is 11.2. The Morgan fingerprint density at radius 3 is 1.77 bits per heavy atom. The van der Waals surface area contributed by atoms with E-state index < -0.39 is 16.9 Å². The maximum atomic E-state index is 5.91. The molecule has 0 aliphatic rings. The number of hydrogen-bond donors (Lipinski definition) is 0. The molecule has 0 aromatic carbocycles. The molecule has 0 fully saturated rings. The topological polar surface area (TPSA) is 18.5 Å². The van der Waals surface area contributed by atoms with Gasteiger partial charge >= 0.3 is 8.56 Å². The van der Waals surface area contributed by atoms with Crippen molar-refractivity contribution in [3.63, 3.8) is 0 Å². The summed E-state index contributed by atoms with van der Waals surface area (Å²) in [5.41, 5.74) is 3.70. The third-order valence-electron chi connectivity index (χ3n) is 1.64. The van der Waals surface area contributed by atoms with Crippen molar-refractivity contribution < 1.29 is 8.54 Å². The first kappa shape index (κ1) is 12.4. The van der Waals surface area contributed by atoms with Crippen molar-refractivity contribution in [3.05, 3.63) is 37.4 Å². The van der Waals surface area contributed by atoms with Gasteiger partial charge < -0.3 is 8.54 Å². The second-order valence-corrected chi connectivity index (χ2v) is 10.4. The lowest BCUT2D eigenvalue weighted by molar-refractivity contribution is 0.357. The Bertz CT molecular complexity index is 204. The van der Waals surface area contributed by atoms with Gasteiger partial charge in [-0.25, -0.2) is 0 Å². The molecule has 74 valence electrons. The summed E-state index contributed by atoms with van der Waals surface area (Å²) in [4.78, 5) is 0. The summed E-state index contributed by atoms with van der Waals surface area (Å²) in [6.45, 7) is 17.0. The molecule has 0 N–H and O–H groups in total. The Kier molecular flexibility index (Phi) is 4.39. The van der Waals surface area contributed by atoms with Crippen LogP contribution in [0.2, 0.25) is 19.6 Å². The molecule has 0 radical (unpaired) electrons. The van der Waals surface area contributed by atoms with E-state index in [1.165, 1.54) is 6.26 Å². The molecule has 0 heterocycles. The van der Waals surface area contributed by atoms with Crippen LogP contribution in [0.15, 0.2) is 37.4 Å². The first-order valence-electron chi connectivity index (χ1n) is 4.15. The van der Waals surface area contributed by atoms with Gasteiger partial charge in [0.1, 0.15) is 0 Å². The van der Waals surface area contributed by atoms with Gasteiger partial charge in [0.2, 0.25) is 8.32 Å².